The fourth-order valence-corrected chi connectivity index (χ4v) is 4.91. The number of nitrogens with zero attached hydrogens (tertiary/aromatic N) is 4. The number of aromatic nitrogens is 4. The molecule has 0 aliphatic rings. The maximum atomic E-state index is 4.40. The van der Waals surface area contributed by atoms with Crippen LogP contribution in [0.25, 0.3) is 56.2 Å². The van der Waals surface area contributed by atoms with Gasteiger partial charge < -0.3 is 9.97 Å². The summed E-state index contributed by atoms with van der Waals surface area (Å²) in [6.45, 7) is 0. The second kappa shape index (κ2) is 18.5. The minimum atomic E-state index is 0. The molecule has 0 unspecified atom stereocenters. The van der Waals surface area contributed by atoms with Gasteiger partial charge in [-0.25, -0.2) is 0 Å². The maximum absolute atomic E-state index is 4.40. The number of benzene rings is 4. The molecule has 4 aromatic carbocycles. The predicted octanol–water partition coefficient (Wildman–Crippen LogP) is 10.6. The first-order valence-corrected chi connectivity index (χ1v) is 15.6. The van der Waals surface area contributed by atoms with Crippen LogP contribution < -0.4 is 0 Å². The first-order chi connectivity index (χ1) is 23.8. The molecule has 0 amide bonds. The molecule has 239 valence electrons. The summed E-state index contributed by atoms with van der Waals surface area (Å²) >= 11 is 0. The standard InChI is InChI=1S/2C17H12N.C10H8N2.Ir/c2*1-3-7-14(8-4-1)16-11-12-18-17(13-16)15-9-5-2-6-10-15;1-3-7-11-9(5-1)10-6-2-4-8-12-10;/h2*1-9,11-13H;1-8H;/q2*-1;;. The van der Waals surface area contributed by atoms with Gasteiger partial charge in [-0.1, -0.05) is 84.9 Å². The molecule has 0 bridgehead atoms. The Morgan fingerprint density at radius 1 is 0.306 bits per heavy atom. The Morgan fingerprint density at radius 2 is 0.694 bits per heavy atom. The zero-order chi connectivity index (χ0) is 32.6. The molecular formula is C44H32IrN4-2. The first-order valence-electron chi connectivity index (χ1n) is 15.6. The quantitative estimate of drug-likeness (QED) is 0.163. The fourth-order valence-electron chi connectivity index (χ4n) is 4.91. The van der Waals surface area contributed by atoms with Crippen molar-refractivity contribution in [2.45, 2.75) is 0 Å². The molecule has 49 heavy (non-hydrogen) atoms. The average molecular weight is 809 g/mol. The van der Waals surface area contributed by atoms with Crippen LogP contribution in [0.2, 0.25) is 0 Å². The second-order valence-corrected chi connectivity index (χ2v) is 10.6. The van der Waals surface area contributed by atoms with Gasteiger partial charge in [-0.2, -0.15) is 0 Å². The van der Waals surface area contributed by atoms with E-state index >= 15 is 0 Å². The molecule has 0 saturated carbocycles. The fraction of sp³-hybridized carbons (Fsp3) is 0. The van der Waals surface area contributed by atoms with Crippen LogP contribution in [-0.2, 0) is 20.1 Å². The van der Waals surface area contributed by atoms with Crippen LogP contribution in [0.3, 0.4) is 0 Å². The van der Waals surface area contributed by atoms with Crippen molar-refractivity contribution in [3.8, 4) is 56.2 Å². The van der Waals surface area contributed by atoms with Gasteiger partial charge in [0.2, 0.25) is 0 Å². The molecule has 4 heterocycles. The van der Waals surface area contributed by atoms with Crippen molar-refractivity contribution in [1.29, 1.82) is 0 Å². The Morgan fingerprint density at radius 3 is 1.06 bits per heavy atom. The predicted molar refractivity (Wildman–Crippen MR) is 195 cm³/mol. The summed E-state index contributed by atoms with van der Waals surface area (Å²) in [4.78, 5) is 17.2. The molecule has 0 aliphatic heterocycles. The van der Waals surface area contributed by atoms with Gasteiger partial charge in [0.15, 0.2) is 0 Å². The SMILES string of the molecule is [Ir].[c-]1ccccc1-c1cc(-c2ccccc2)ccn1.[c-]1ccccc1-c1cc(-c2ccccc2)ccn1.c1ccc(-c2ccccn2)nc1. The van der Waals surface area contributed by atoms with Crippen LogP contribution >= 0.6 is 0 Å². The summed E-state index contributed by atoms with van der Waals surface area (Å²) in [5, 5.41) is 0. The van der Waals surface area contributed by atoms with E-state index in [1.807, 2.05) is 146 Å². The van der Waals surface area contributed by atoms with Gasteiger partial charge >= 0.3 is 0 Å². The minimum Gasteiger partial charge on any atom is -0.305 e. The van der Waals surface area contributed by atoms with Crippen molar-refractivity contribution >= 4 is 0 Å². The Hall–Kier alpha value is -5.87. The molecule has 5 heteroatoms. The molecule has 8 aromatic rings. The van der Waals surface area contributed by atoms with Gasteiger partial charge in [-0.05, 0) is 70.0 Å². The van der Waals surface area contributed by atoms with Crippen LogP contribution in [-0.4, -0.2) is 19.9 Å². The van der Waals surface area contributed by atoms with E-state index in [-0.39, 0.29) is 20.1 Å². The number of rotatable bonds is 5. The van der Waals surface area contributed by atoms with Crippen molar-refractivity contribution in [2.75, 3.05) is 0 Å². The summed E-state index contributed by atoms with van der Waals surface area (Å²) in [7, 11) is 0. The Labute approximate surface area is 301 Å². The molecule has 0 spiro atoms. The van der Waals surface area contributed by atoms with E-state index in [0.29, 0.717) is 0 Å². The molecule has 4 nitrogen and oxygen atoms in total. The van der Waals surface area contributed by atoms with Crippen LogP contribution in [0.4, 0.5) is 0 Å². The molecule has 0 atom stereocenters. The van der Waals surface area contributed by atoms with Crippen molar-refractivity contribution in [3.05, 3.63) is 207 Å². The van der Waals surface area contributed by atoms with Crippen molar-refractivity contribution in [1.82, 2.24) is 19.9 Å². The third kappa shape index (κ3) is 10.1. The van der Waals surface area contributed by atoms with E-state index in [1.165, 1.54) is 22.3 Å². The van der Waals surface area contributed by atoms with Gasteiger partial charge in [0.25, 0.3) is 0 Å². The smallest absolute Gasteiger partial charge is 0.0886 e. The number of hydrogen-bond donors (Lipinski definition) is 0. The molecule has 1 radical (unpaired) electrons. The number of pyridine rings is 4. The van der Waals surface area contributed by atoms with Crippen molar-refractivity contribution in [2.24, 2.45) is 0 Å². The molecule has 8 rings (SSSR count). The van der Waals surface area contributed by atoms with E-state index < -0.39 is 0 Å². The van der Waals surface area contributed by atoms with Crippen LogP contribution in [0.1, 0.15) is 0 Å². The summed E-state index contributed by atoms with van der Waals surface area (Å²) in [6.07, 6.45) is 7.23. The Bertz CT molecular complexity index is 1830. The van der Waals surface area contributed by atoms with Crippen molar-refractivity contribution < 1.29 is 20.1 Å². The monoisotopic (exact) mass is 809 g/mol. The van der Waals surface area contributed by atoms with Gasteiger partial charge in [0, 0.05) is 44.9 Å². The van der Waals surface area contributed by atoms with Gasteiger partial charge in [0.05, 0.1) is 11.4 Å². The minimum absolute atomic E-state index is 0. The van der Waals surface area contributed by atoms with Gasteiger partial charge in [-0.3, -0.25) is 9.97 Å². The topological polar surface area (TPSA) is 51.6 Å². The summed E-state index contributed by atoms with van der Waals surface area (Å²) in [5.41, 5.74) is 10.6. The average Bonchev–Trinajstić information content (AvgIpc) is 3.20. The normalized spacial score (nSPS) is 9.88. The van der Waals surface area contributed by atoms with Crippen LogP contribution in [0, 0.1) is 12.1 Å². The third-order valence-corrected chi connectivity index (χ3v) is 7.30. The second-order valence-electron chi connectivity index (χ2n) is 10.6. The molecule has 0 aliphatic carbocycles. The van der Waals surface area contributed by atoms with Gasteiger partial charge in [-0.15, -0.1) is 71.8 Å². The Balaban J connectivity index is 0.000000145. The van der Waals surface area contributed by atoms with Crippen LogP contribution in [0.5, 0.6) is 0 Å². The maximum Gasteiger partial charge on any atom is 0.0886 e. The third-order valence-electron chi connectivity index (χ3n) is 7.30. The molecule has 0 saturated heterocycles. The molecule has 4 aromatic heterocycles. The number of hydrogen-bond acceptors (Lipinski definition) is 4. The Kier molecular flexibility index (Phi) is 13.0. The molecular weight excluding hydrogens is 777 g/mol. The molecule has 0 fully saturated rings. The summed E-state index contributed by atoms with van der Waals surface area (Å²) in [6, 6.07) is 62.7. The van der Waals surface area contributed by atoms with Gasteiger partial charge in [0.1, 0.15) is 0 Å². The van der Waals surface area contributed by atoms with E-state index in [9.17, 15) is 0 Å². The van der Waals surface area contributed by atoms with E-state index in [0.717, 1.165) is 33.9 Å². The largest absolute Gasteiger partial charge is 0.305 e. The zero-order valence-electron chi connectivity index (χ0n) is 26.6. The first kappa shape index (κ1) is 34.5. The van der Waals surface area contributed by atoms with Crippen molar-refractivity contribution in [3.63, 3.8) is 0 Å². The van der Waals surface area contributed by atoms with E-state index in [4.69, 9.17) is 0 Å². The van der Waals surface area contributed by atoms with Crippen LogP contribution in [0.15, 0.2) is 195 Å². The zero-order valence-corrected chi connectivity index (χ0v) is 29.0. The summed E-state index contributed by atoms with van der Waals surface area (Å²) < 4.78 is 0. The van der Waals surface area contributed by atoms with E-state index in [1.54, 1.807) is 12.4 Å². The summed E-state index contributed by atoms with van der Waals surface area (Å²) in [5.74, 6) is 0. The molecule has 0 N–H and O–H groups in total. The van der Waals surface area contributed by atoms with E-state index in [2.05, 4.69) is 68.5 Å².